The van der Waals surface area contributed by atoms with Gasteiger partial charge in [0, 0.05) is 35.9 Å². The van der Waals surface area contributed by atoms with Crippen LogP contribution in [0.25, 0.3) is 0 Å². The third kappa shape index (κ3) is 2.74. The Hall–Kier alpha value is -0.610. The Bertz CT molecular complexity index is 317. The molecule has 3 atom stereocenters. The Balaban J connectivity index is 1.94. The summed E-state index contributed by atoms with van der Waals surface area (Å²) in [4.78, 5) is 8.45. The van der Waals surface area contributed by atoms with E-state index in [9.17, 15) is 0 Å². The maximum absolute atomic E-state index is 4.34. The summed E-state index contributed by atoms with van der Waals surface area (Å²) in [6, 6.07) is 0.929. The molecule has 1 N–H and O–H groups in total. The number of rotatable bonds is 4. The van der Waals surface area contributed by atoms with E-state index in [1.54, 1.807) is 12.4 Å². The quantitative estimate of drug-likeness (QED) is 0.872. The molecule has 0 aliphatic heterocycles. The average molecular weight is 237 g/mol. The number of nitrogens with zero attached hydrogens (tertiary/aromatic N) is 2. The van der Waals surface area contributed by atoms with Crippen LogP contribution in [0.1, 0.15) is 37.9 Å². The molecule has 3 nitrogen and oxygen atoms in total. The SMILES string of the molecule is CSC1CCCC1NC(C)c1cnccn1. The molecular formula is C12H19N3S. The number of hydrogen-bond donors (Lipinski definition) is 1. The van der Waals surface area contributed by atoms with Gasteiger partial charge in [0.25, 0.3) is 0 Å². The number of thioether (sulfide) groups is 1. The first-order chi connectivity index (χ1) is 7.81. The molecule has 1 aliphatic rings. The Morgan fingerprint density at radius 2 is 2.31 bits per heavy atom. The van der Waals surface area contributed by atoms with Crippen LogP contribution in [0.3, 0.4) is 0 Å². The zero-order valence-electron chi connectivity index (χ0n) is 9.89. The first-order valence-electron chi connectivity index (χ1n) is 5.86. The second-order valence-corrected chi connectivity index (χ2v) is 5.41. The van der Waals surface area contributed by atoms with E-state index in [1.807, 2.05) is 18.0 Å². The summed E-state index contributed by atoms with van der Waals surface area (Å²) in [7, 11) is 0. The molecule has 0 spiro atoms. The molecule has 4 heteroatoms. The van der Waals surface area contributed by atoms with Gasteiger partial charge in [0.2, 0.25) is 0 Å². The molecule has 1 aromatic heterocycles. The fourth-order valence-electron chi connectivity index (χ4n) is 2.34. The molecule has 1 heterocycles. The molecule has 1 fully saturated rings. The Morgan fingerprint density at radius 3 is 3.00 bits per heavy atom. The fraction of sp³-hybridized carbons (Fsp3) is 0.667. The molecule has 1 aromatic rings. The molecule has 0 radical (unpaired) electrons. The Morgan fingerprint density at radius 1 is 1.44 bits per heavy atom. The molecular weight excluding hydrogens is 218 g/mol. The zero-order chi connectivity index (χ0) is 11.4. The molecule has 1 aliphatic carbocycles. The van der Waals surface area contributed by atoms with E-state index < -0.39 is 0 Å². The predicted octanol–water partition coefficient (Wildman–Crippen LogP) is 2.41. The Labute approximate surface area is 101 Å². The minimum Gasteiger partial charge on any atom is -0.305 e. The van der Waals surface area contributed by atoms with Crippen LogP contribution in [0.15, 0.2) is 18.6 Å². The van der Waals surface area contributed by atoms with E-state index in [0.717, 1.165) is 10.9 Å². The summed E-state index contributed by atoms with van der Waals surface area (Å²) in [6.07, 6.45) is 11.5. The van der Waals surface area contributed by atoms with Crippen LogP contribution in [0, 0.1) is 0 Å². The molecule has 88 valence electrons. The lowest BCUT2D eigenvalue weighted by Gasteiger charge is -2.23. The topological polar surface area (TPSA) is 37.8 Å². The normalized spacial score (nSPS) is 26.9. The fourth-order valence-corrected chi connectivity index (χ4v) is 3.29. The second kappa shape index (κ2) is 5.64. The van der Waals surface area contributed by atoms with E-state index in [0.29, 0.717) is 12.1 Å². The zero-order valence-corrected chi connectivity index (χ0v) is 10.7. The van der Waals surface area contributed by atoms with Crippen molar-refractivity contribution in [3.63, 3.8) is 0 Å². The van der Waals surface area contributed by atoms with E-state index in [2.05, 4.69) is 28.5 Å². The van der Waals surface area contributed by atoms with Gasteiger partial charge in [-0.15, -0.1) is 0 Å². The highest BCUT2D eigenvalue weighted by Crippen LogP contribution is 2.29. The molecule has 2 rings (SSSR count). The van der Waals surface area contributed by atoms with E-state index >= 15 is 0 Å². The van der Waals surface area contributed by atoms with Gasteiger partial charge in [0.15, 0.2) is 0 Å². The van der Waals surface area contributed by atoms with Crippen molar-refractivity contribution in [2.75, 3.05) is 6.26 Å². The van der Waals surface area contributed by atoms with Crippen molar-refractivity contribution in [1.29, 1.82) is 0 Å². The van der Waals surface area contributed by atoms with Crippen molar-refractivity contribution in [3.05, 3.63) is 24.3 Å². The first kappa shape index (κ1) is 11.9. The standard InChI is InChI=1S/C12H19N3S/c1-9(11-8-13-6-7-14-11)15-10-4-3-5-12(10)16-2/h6-10,12,15H,3-5H2,1-2H3. The van der Waals surface area contributed by atoms with E-state index in [1.165, 1.54) is 19.3 Å². The van der Waals surface area contributed by atoms with Crippen LogP contribution in [0.5, 0.6) is 0 Å². The highest BCUT2D eigenvalue weighted by atomic mass is 32.2. The van der Waals surface area contributed by atoms with E-state index in [4.69, 9.17) is 0 Å². The van der Waals surface area contributed by atoms with Crippen molar-refractivity contribution in [2.24, 2.45) is 0 Å². The van der Waals surface area contributed by atoms with Gasteiger partial charge in [-0.25, -0.2) is 0 Å². The minimum absolute atomic E-state index is 0.298. The van der Waals surface area contributed by atoms with Crippen molar-refractivity contribution < 1.29 is 0 Å². The molecule has 3 unspecified atom stereocenters. The molecule has 0 saturated heterocycles. The molecule has 16 heavy (non-hydrogen) atoms. The highest BCUT2D eigenvalue weighted by Gasteiger charge is 2.27. The summed E-state index contributed by atoms with van der Waals surface area (Å²) >= 11 is 1.98. The number of aromatic nitrogens is 2. The minimum atomic E-state index is 0.298. The van der Waals surface area contributed by atoms with Gasteiger partial charge in [-0.1, -0.05) is 6.42 Å². The maximum Gasteiger partial charge on any atom is 0.0753 e. The van der Waals surface area contributed by atoms with Crippen molar-refractivity contribution in [3.8, 4) is 0 Å². The van der Waals surface area contributed by atoms with Gasteiger partial charge in [0.05, 0.1) is 5.69 Å². The van der Waals surface area contributed by atoms with Gasteiger partial charge in [0.1, 0.15) is 0 Å². The largest absolute Gasteiger partial charge is 0.305 e. The maximum atomic E-state index is 4.34. The lowest BCUT2D eigenvalue weighted by Crippen LogP contribution is -2.36. The summed E-state index contributed by atoms with van der Waals surface area (Å²) in [5, 5.41) is 4.44. The smallest absolute Gasteiger partial charge is 0.0753 e. The predicted molar refractivity (Wildman–Crippen MR) is 68.5 cm³/mol. The highest BCUT2D eigenvalue weighted by molar-refractivity contribution is 7.99. The Kier molecular flexibility index (Phi) is 4.18. The van der Waals surface area contributed by atoms with Gasteiger partial charge < -0.3 is 5.32 Å². The molecule has 1 saturated carbocycles. The average Bonchev–Trinajstić information content (AvgIpc) is 2.77. The van der Waals surface area contributed by atoms with Crippen LogP contribution in [-0.4, -0.2) is 27.5 Å². The third-order valence-electron chi connectivity index (χ3n) is 3.25. The van der Waals surface area contributed by atoms with Crippen molar-refractivity contribution >= 4 is 11.8 Å². The van der Waals surface area contributed by atoms with Gasteiger partial charge in [-0.2, -0.15) is 11.8 Å². The number of nitrogens with one attached hydrogen (secondary N) is 1. The van der Waals surface area contributed by atoms with Crippen LogP contribution in [0.4, 0.5) is 0 Å². The molecule has 0 amide bonds. The first-order valence-corrected chi connectivity index (χ1v) is 7.15. The van der Waals surface area contributed by atoms with Gasteiger partial charge in [-0.05, 0) is 26.0 Å². The summed E-state index contributed by atoms with van der Waals surface area (Å²) in [5.74, 6) is 0. The van der Waals surface area contributed by atoms with Crippen LogP contribution in [-0.2, 0) is 0 Å². The second-order valence-electron chi connectivity index (χ2n) is 4.33. The monoisotopic (exact) mass is 237 g/mol. The van der Waals surface area contributed by atoms with Crippen LogP contribution < -0.4 is 5.32 Å². The molecule has 0 aromatic carbocycles. The lowest BCUT2D eigenvalue weighted by atomic mass is 10.2. The van der Waals surface area contributed by atoms with Crippen LogP contribution >= 0.6 is 11.8 Å². The van der Waals surface area contributed by atoms with Crippen LogP contribution in [0.2, 0.25) is 0 Å². The number of hydrogen-bond acceptors (Lipinski definition) is 4. The summed E-state index contributed by atoms with van der Waals surface area (Å²) < 4.78 is 0. The lowest BCUT2D eigenvalue weighted by molar-refractivity contribution is 0.460. The summed E-state index contributed by atoms with van der Waals surface area (Å²) in [5.41, 5.74) is 1.04. The summed E-state index contributed by atoms with van der Waals surface area (Å²) in [6.45, 7) is 2.17. The van der Waals surface area contributed by atoms with Crippen molar-refractivity contribution in [2.45, 2.75) is 43.5 Å². The van der Waals surface area contributed by atoms with Crippen molar-refractivity contribution in [1.82, 2.24) is 15.3 Å². The third-order valence-corrected chi connectivity index (χ3v) is 4.42. The van der Waals surface area contributed by atoms with Gasteiger partial charge >= 0.3 is 0 Å². The molecule has 0 bridgehead atoms. The van der Waals surface area contributed by atoms with Gasteiger partial charge in [-0.3, -0.25) is 9.97 Å². The van der Waals surface area contributed by atoms with E-state index in [-0.39, 0.29) is 0 Å².